The van der Waals surface area contributed by atoms with Gasteiger partial charge in [-0.05, 0) is 36.6 Å². The second kappa shape index (κ2) is 8.04. The summed E-state index contributed by atoms with van der Waals surface area (Å²) in [5.74, 6) is 1.15. The SMILES string of the molecule is CSCC[C@H](NC(=O)c1nn(C)c(=O)c2ccccc12)c1nnc2ccccn12. The first-order valence-corrected chi connectivity index (χ1v) is 10.5. The summed E-state index contributed by atoms with van der Waals surface area (Å²) in [5.41, 5.74) is 0.696. The average Bonchev–Trinajstić information content (AvgIpc) is 3.17. The number of benzene rings is 1. The molecule has 1 aromatic carbocycles. The zero-order valence-corrected chi connectivity index (χ0v) is 16.9. The van der Waals surface area contributed by atoms with E-state index in [1.807, 2.05) is 35.1 Å². The quantitative estimate of drug-likeness (QED) is 0.526. The number of nitrogens with zero attached hydrogens (tertiary/aromatic N) is 5. The lowest BCUT2D eigenvalue weighted by atomic mass is 10.1. The molecule has 0 aliphatic heterocycles. The van der Waals surface area contributed by atoms with E-state index in [1.165, 1.54) is 4.68 Å². The second-order valence-electron chi connectivity index (χ2n) is 6.62. The Morgan fingerprint density at radius 2 is 1.90 bits per heavy atom. The van der Waals surface area contributed by atoms with Gasteiger partial charge in [0.1, 0.15) is 0 Å². The van der Waals surface area contributed by atoms with Crippen molar-refractivity contribution in [1.29, 1.82) is 0 Å². The third-order valence-electron chi connectivity index (χ3n) is 4.74. The summed E-state index contributed by atoms with van der Waals surface area (Å²) in [4.78, 5) is 25.5. The molecule has 0 aliphatic rings. The van der Waals surface area contributed by atoms with Gasteiger partial charge in [0.05, 0.1) is 11.4 Å². The fraction of sp³-hybridized carbons (Fsp3) is 0.250. The van der Waals surface area contributed by atoms with Gasteiger partial charge >= 0.3 is 0 Å². The maximum Gasteiger partial charge on any atom is 0.274 e. The van der Waals surface area contributed by atoms with Gasteiger partial charge in [-0.1, -0.05) is 24.3 Å². The molecule has 8 nitrogen and oxygen atoms in total. The van der Waals surface area contributed by atoms with Crippen molar-refractivity contribution in [2.75, 3.05) is 12.0 Å². The normalized spacial score (nSPS) is 12.3. The van der Waals surface area contributed by atoms with E-state index >= 15 is 0 Å². The number of carbonyl (C=O) groups is 1. The van der Waals surface area contributed by atoms with Crippen LogP contribution in [0.2, 0.25) is 0 Å². The maximum atomic E-state index is 13.2. The molecule has 0 radical (unpaired) electrons. The molecule has 0 bridgehead atoms. The topological polar surface area (TPSA) is 94.2 Å². The van der Waals surface area contributed by atoms with Crippen molar-refractivity contribution in [1.82, 2.24) is 29.7 Å². The molecule has 0 spiro atoms. The maximum absolute atomic E-state index is 13.2. The minimum absolute atomic E-state index is 0.214. The fourth-order valence-electron chi connectivity index (χ4n) is 3.29. The highest BCUT2D eigenvalue weighted by molar-refractivity contribution is 7.98. The first kappa shape index (κ1) is 19.1. The predicted molar refractivity (Wildman–Crippen MR) is 113 cm³/mol. The van der Waals surface area contributed by atoms with Crippen LogP contribution in [0, 0.1) is 0 Å². The van der Waals surface area contributed by atoms with Gasteiger partial charge in [0.15, 0.2) is 17.2 Å². The van der Waals surface area contributed by atoms with Crippen LogP contribution in [0.1, 0.15) is 28.8 Å². The summed E-state index contributed by atoms with van der Waals surface area (Å²) >= 11 is 1.69. The number of pyridine rings is 1. The van der Waals surface area contributed by atoms with E-state index in [-0.39, 0.29) is 23.2 Å². The Labute approximate surface area is 170 Å². The summed E-state index contributed by atoms with van der Waals surface area (Å²) in [6.07, 6.45) is 4.58. The number of hydrogen-bond acceptors (Lipinski definition) is 6. The minimum Gasteiger partial charge on any atom is -0.341 e. The number of amides is 1. The molecule has 1 N–H and O–H groups in total. The highest BCUT2D eigenvalue weighted by Crippen LogP contribution is 2.20. The van der Waals surface area contributed by atoms with E-state index in [0.29, 0.717) is 23.0 Å². The van der Waals surface area contributed by atoms with E-state index in [0.717, 1.165) is 11.4 Å². The summed E-state index contributed by atoms with van der Waals surface area (Å²) < 4.78 is 3.07. The molecule has 3 heterocycles. The molecule has 4 aromatic rings. The molecule has 3 aromatic heterocycles. The first-order chi connectivity index (χ1) is 14.1. The molecule has 0 aliphatic carbocycles. The Morgan fingerprint density at radius 3 is 2.69 bits per heavy atom. The van der Waals surface area contributed by atoms with Crippen LogP contribution in [0.5, 0.6) is 0 Å². The minimum atomic E-state index is -0.351. The largest absolute Gasteiger partial charge is 0.341 e. The number of carbonyl (C=O) groups excluding carboxylic acids is 1. The van der Waals surface area contributed by atoms with Crippen molar-refractivity contribution >= 4 is 34.1 Å². The smallest absolute Gasteiger partial charge is 0.274 e. The summed E-state index contributed by atoms with van der Waals surface area (Å²) in [7, 11) is 1.54. The average molecular weight is 408 g/mol. The molecule has 0 fully saturated rings. The predicted octanol–water partition coefficient (Wildman–Crippen LogP) is 2.20. The Kier molecular flexibility index (Phi) is 5.30. The molecule has 0 unspecified atom stereocenters. The van der Waals surface area contributed by atoms with Gasteiger partial charge < -0.3 is 5.32 Å². The van der Waals surface area contributed by atoms with Gasteiger partial charge in [-0.25, -0.2) is 4.68 Å². The zero-order valence-electron chi connectivity index (χ0n) is 16.1. The van der Waals surface area contributed by atoms with Crippen molar-refractivity contribution in [3.63, 3.8) is 0 Å². The molecular weight excluding hydrogens is 388 g/mol. The molecule has 9 heteroatoms. The highest BCUT2D eigenvalue weighted by atomic mass is 32.2. The van der Waals surface area contributed by atoms with Gasteiger partial charge in [-0.15, -0.1) is 10.2 Å². The summed E-state index contributed by atoms with van der Waals surface area (Å²) in [6.45, 7) is 0. The van der Waals surface area contributed by atoms with Crippen LogP contribution in [0.3, 0.4) is 0 Å². The zero-order chi connectivity index (χ0) is 20.4. The summed E-state index contributed by atoms with van der Waals surface area (Å²) in [6, 6.07) is 12.3. The monoisotopic (exact) mass is 408 g/mol. The van der Waals surface area contributed by atoms with Gasteiger partial charge in [0.2, 0.25) is 0 Å². The molecular formula is C20H20N6O2S. The molecule has 0 saturated carbocycles. The van der Waals surface area contributed by atoms with Crippen molar-refractivity contribution in [2.24, 2.45) is 7.05 Å². The number of rotatable bonds is 6. The standard InChI is InChI=1S/C20H20N6O2S/c1-25-20(28)14-8-4-3-7-13(14)17(24-25)19(27)21-15(10-12-29-2)18-23-22-16-9-5-6-11-26(16)18/h3-9,11,15H,10,12H2,1-2H3,(H,21,27)/t15-/m0/s1. The Bertz CT molecular complexity index is 1250. The van der Waals surface area contributed by atoms with Crippen molar-refractivity contribution in [2.45, 2.75) is 12.5 Å². The second-order valence-corrected chi connectivity index (χ2v) is 7.60. The van der Waals surface area contributed by atoms with Gasteiger partial charge in [0.25, 0.3) is 11.5 Å². The molecule has 29 heavy (non-hydrogen) atoms. The fourth-order valence-corrected chi connectivity index (χ4v) is 3.76. The van der Waals surface area contributed by atoms with Crippen LogP contribution in [0.15, 0.2) is 53.5 Å². The number of thioether (sulfide) groups is 1. The van der Waals surface area contributed by atoms with E-state index in [9.17, 15) is 9.59 Å². The van der Waals surface area contributed by atoms with Crippen LogP contribution >= 0.6 is 11.8 Å². The van der Waals surface area contributed by atoms with Crippen molar-refractivity contribution in [3.05, 3.63) is 70.5 Å². The van der Waals surface area contributed by atoms with Crippen LogP contribution in [-0.4, -0.2) is 42.3 Å². The van der Waals surface area contributed by atoms with Crippen molar-refractivity contribution < 1.29 is 4.79 Å². The van der Waals surface area contributed by atoms with Gasteiger partial charge in [-0.3, -0.25) is 14.0 Å². The third kappa shape index (κ3) is 3.61. The Balaban J connectivity index is 1.74. The summed E-state index contributed by atoms with van der Waals surface area (Å²) in [5, 5.41) is 16.8. The number of aromatic nitrogens is 5. The van der Waals surface area contributed by atoms with Crippen LogP contribution in [0.25, 0.3) is 16.4 Å². The van der Waals surface area contributed by atoms with Crippen LogP contribution in [0.4, 0.5) is 0 Å². The molecule has 1 amide bonds. The lowest BCUT2D eigenvalue weighted by molar-refractivity contribution is 0.0928. The molecule has 4 rings (SSSR count). The molecule has 1 atom stereocenters. The number of nitrogens with one attached hydrogen (secondary N) is 1. The van der Waals surface area contributed by atoms with E-state index in [4.69, 9.17) is 0 Å². The van der Waals surface area contributed by atoms with Gasteiger partial charge in [-0.2, -0.15) is 16.9 Å². The first-order valence-electron chi connectivity index (χ1n) is 9.15. The van der Waals surface area contributed by atoms with E-state index < -0.39 is 0 Å². The van der Waals surface area contributed by atoms with E-state index in [2.05, 4.69) is 20.6 Å². The lowest BCUT2D eigenvalue weighted by Crippen LogP contribution is -2.33. The van der Waals surface area contributed by atoms with Crippen LogP contribution < -0.4 is 10.9 Å². The van der Waals surface area contributed by atoms with Gasteiger partial charge in [0, 0.05) is 18.6 Å². The Morgan fingerprint density at radius 1 is 1.14 bits per heavy atom. The number of aryl methyl sites for hydroxylation is 1. The third-order valence-corrected chi connectivity index (χ3v) is 5.38. The lowest BCUT2D eigenvalue weighted by Gasteiger charge is -2.17. The van der Waals surface area contributed by atoms with Crippen molar-refractivity contribution in [3.8, 4) is 0 Å². The Hall–Kier alpha value is -3.20. The highest BCUT2D eigenvalue weighted by Gasteiger charge is 2.23. The number of hydrogen-bond donors (Lipinski definition) is 1. The molecule has 0 saturated heterocycles. The molecule has 148 valence electrons. The van der Waals surface area contributed by atoms with E-state index in [1.54, 1.807) is 43.1 Å². The van der Waals surface area contributed by atoms with Crippen LogP contribution in [-0.2, 0) is 7.05 Å². The number of fused-ring (bicyclic) bond motifs is 2.